The normalized spacial score (nSPS) is 11.0. The van der Waals surface area contributed by atoms with Crippen molar-refractivity contribution < 1.29 is 14.3 Å². The van der Waals surface area contributed by atoms with Crippen LogP contribution in [0.5, 0.6) is 5.75 Å². The molecule has 0 aliphatic rings. The highest BCUT2D eigenvalue weighted by Gasteiger charge is 2.16. The first-order valence-electron chi connectivity index (χ1n) is 8.02. The molecule has 0 unspecified atom stereocenters. The van der Waals surface area contributed by atoms with Gasteiger partial charge in [0.2, 0.25) is 0 Å². The standard InChI is InChI=1S/C20H25NO3/c1-14-7-6-8-15(2)18(14)13-23-17-11-9-16(10-12-17)21-19(22)24-20(3,4)5/h6-12H,13H2,1-5H3,(H,21,22). The molecule has 0 aliphatic carbocycles. The molecule has 0 radical (unpaired) electrons. The van der Waals surface area contributed by atoms with Gasteiger partial charge in [0.1, 0.15) is 18.0 Å². The number of carbonyl (C=O) groups is 1. The third-order valence-corrected chi connectivity index (χ3v) is 3.53. The van der Waals surface area contributed by atoms with Crippen LogP contribution in [-0.2, 0) is 11.3 Å². The highest BCUT2D eigenvalue weighted by Crippen LogP contribution is 2.20. The first-order chi connectivity index (χ1) is 11.2. The average molecular weight is 327 g/mol. The second-order valence-electron chi connectivity index (χ2n) is 6.81. The zero-order chi connectivity index (χ0) is 17.7. The van der Waals surface area contributed by atoms with Crippen LogP contribution in [0.1, 0.15) is 37.5 Å². The molecule has 0 spiro atoms. The number of aryl methyl sites for hydroxylation is 2. The Balaban J connectivity index is 1.94. The van der Waals surface area contributed by atoms with E-state index in [4.69, 9.17) is 9.47 Å². The van der Waals surface area contributed by atoms with Gasteiger partial charge in [-0.3, -0.25) is 5.32 Å². The molecule has 4 nitrogen and oxygen atoms in total. The van der Waals surface area contributed by atoms with Crippen LogP contribution >= 0.6 is 0 Å². The summed E-state index contributed by atoms with van der Waals surface area (Å²) in [6.07, 6.45) is -0.466. The van der Waals surface area contributed by atoms with Gasteiger partial charge in [-0.2, -0.15) is 0 Å². The van der Waals surface area contributed by atoms with Gasteiger partial charge in [-0.1, -0.05) is 18.2 Å². The fourth-order valence-corrected chi connectivity index (χ4v) is 2.29. The molecule has 24 heavy (non-hydrogen) atoms. The van der Waals surface area contributed by atoms with Gasteiger partial charge in [-0.15, -0.1) is 0 Å². The van der Waals surface area contributed by atoms with E-state index in [-0.39, 0.29) is 0 Å². The van der Waals surface area contributed by atoms with Crippen LogP contribution in [-0.4, -0.2) is 11.7 Å². The van der Waals surface area contributed by atoms with Gasteiger partial charge < -0.3 is 9.47 Å². The van der Waals surface area contributed by atoms with Crippen LogP contribution in [0.3, 0.4) is 0 Å². The van der Waals surface area contributed by atoms with Gasteiger partial charge in [0.15, 0.2) is 0 Å². The molecule has 0 aromatic heterocycles. The van der Waals surface area contributed by atoms with Crippen molar-refractivity contribution in [1.29, 1.82) is 0 Å². The van der Waals surface area contributed by atoms with E-state index in [1.807, 2.05) is 39.0 Å². The summed E-state index contributed by atoms with van der Waals surface area (Å²) in [5.41, 5.74) is 3.80. The van der Waals surface area contributed by atoms with Gasteiger partial charge in [-0.25, -0.2) is 4.79 Å². The summed E-state index contributed by atoms with van der Waals surface area (Å²) in [6, 6.07) is 13.5. The van der Waals surface area contributed by atoms with Crippen LogP contribution < -0.4 is 10.1 Å². The lowest BCUT2D eigenvalue weighted by molar-refractivity contribution is 0.0636. The van der Waals surface area contributed by atoms with E-state index < -0.39 is 11.7 Å². The Kier molecular flexibility index (Phi) is 5.50. The molecule has 1 amide bonds. The molecule has 0 heterocycles. The molecule has 128 valence electrons. The first-order valence-corrected chi connectivity index (χ1v) is 8.02. The Morgan fingerprint density at radius 1 is 1.00 bits per heavy atom. The fourth-order valence-electron chi connectivity index (χ4n) is 2.29. The van der Waals surface area contributed by atoms with Crippen molar-refractivity contribution in [3.63, 3.8) is 0 Å². The molecule has 2 rings (SSSR count). The van der Waals surface area contributed by atoms with E-state index in [0.717, 1.165) is 5.75 Å². The minimum Gasteiger partial charge on any atom is -0.489 e. The highest BCUT2D eigenvalue weighted by atomic mass is 16.6. The molecule has 0 fully saturated rings. The molecule has 1 N–H and O–H groups in total. The topological polar surface area (TPSA) is 47.6 Å². The van der Waals surface area contributed by atoms with Crippen LogP contribution in [0.15, 0.2) is 42.5 Å². The number of ether oxygens (including phenoxy) is 2. The number of rotatable bonds is 4. The van der Waals surface area contributed by atoms with E-state index in [9.17, 15) is 4.79 Å². The zero-order valence-corrected chi connectivity index (χ0v) is 15.0. The quantitative estimate of drug-likeness (QED) is 0.836. The summed E-state index contributed by atoms with van der Waals surface area (Å²) < 4.78 is 11.1. The van der Waals surface area contributed by atoms with Gasteiger partial charge in [0.05, 0.1) is 0 Å². The largest absolute Gasteiger partial charge is 0.489 e. The summed E-state index contributed by atoms with van der Waals surface area (Å²) in [6.45, 7) is 10.2. The summed E-state index contributed by atoms with van der Waals surface area (Å²) in [5.74, 6) is 0.757. The lowest BCUT2D eigenvalue weighted by atomic mass is 10.0. The number of benzene rings is 2. The molecule has 0 saturated heterocycles. The molecule has 0 saturated carbocycles. The molecule has 2 aromatic rings. The Bertz CT molecular complexity index is 680. The Morgan fingerprint density at radius 2 is 1.58 bits per heavy atom. The lowest BCUT2D eigenvalue weighted by Gasteiger charge is -2.19. The molecular weight excluding hydrogens is 302 g/mol. The minimum absolute atomic E-state index is 0.466. The number of amides is 1. The highest BCUT2D eigenvalue weighted by molar-refractivity contribution is 5.84. The Hall–Kier alpha value is -2.49. The van der Waals surface area contributed by atoms with Gasteiger partial charge in [0.25, 0.3) is 0 Å². The molecule has 4 heteroatoms. The lowest BCUT2D eigenvalue weighted by Crippen LogP contribution is -2.27. The number of hydrogen-bond acceptors (Lipinski definition) is 3. The maximum atomic E-state index is 11.7. The number of anilines is 1. The van der Waals surface area contributed by atoms with Crippen molar-refractivity contribution in [2.45, 2.75) is 46.8 Å². The van der Waals surface area contributed by atoms with Crippen LogP contribution in [0.4, 0.5) is 10.5 Å². The summed E-state index contributed by atoms with van der Waals surface area (Å²) in [7, 11) is 0. The molecule has 0 aliphatic heterocycles. The minimum atomic E-state index is -0.515. The van der Waals surface area contributed by atoms with Gasteiger partial charge >= 0.3 is 6.09 Å². The average Bonchev–Trinajstić information content (AvgIpc) is 2.46. The van der Waals surface area contributed by atoms with Crippen LogP contribution in [0.2, 0.25) is 0 Å². The van der Waals surface area contributed by atoms with Gasteiger partial charge in [0, 0.05) is 5.69 Å². The second kappa shape index (κ2) is 7.39. The summed E-state index contributed by atoms with van der Waals surface area (Å²) >= 11 is 0. The van der Waals surface area contributed by atoms with E-state index >= 15 is 0 Å². The number of carbonyl (C=O) groups excluding carboxylic acids is 1. The molecule has 0 bridgehead atoms. The predicted molar refractivity (Wildman–Crippen MR) is 96.5 cm³/mol. The van der Waals surface area contributed by atoms with E-state index in [0.29, 0.717) is 12.3 Å². The van der Waals surface area contributed by atoms with Crippen molar-refractivity contribution in [3.8, 4) is 5.75 Å². The van der Waals surface area contributed by atoms with Crippen molar-refractivity contribution >= 4 is 11.8 Å². The first kappa shape index (κ1) is 17.9. The third-order valence-electron chi connectivity index (χ3n) is 3.53. The predicted octanol–water partition coefficient (Wildman–Crippen LogP) is 5.23. The SMILES string of the molecule is Cc1cccc(C)c1COc1ccc(NC(=O)OC(C)(C)C)cc1. The maximum absolute atomic E-state index is 11.7. The fraction of sp³-hybridized carbons (Fsp3) is 0.350. The summed E-state index contributed by atoms with van der Waals surface area (Å²) in [5, 5.41) is 2.70. The molecular formula is C20H25NO3. The van der Waals surface area contributed by atoms with E-state index in [1.165, 1.54) is 16.7 Å². The van der Waals surface area contributed by atoms with Crippen molar-refractivity contribution in [1.82, 2.24) is 0 Å². The zero-order valence-electron chi connectivity index (χ0n) is 15.0. The third kappa shape index (κ3) is 5.30. The van der Waals surface area contributed by atoms with Crippen LogP contribution in [0.25, 0.3) is 0 Å². The Morgan fingerprint density at radius 3 is 2.12 bits per heavy atom. The van der Waals surface area contributed by atoms with Crippen molar-refractivity contribution in [2.24, 2.45) is 0 Å². The number of hydrogen-bond donors (Lipinski definition) is 1. The molecule has 0 atom stereocenters. The Labute approximate surface area is 143 Å². The summed E-state index contributed by atoms with van der Waals surface area (Å²) in [4.78, 5) is 11.7. The maximum Gasteiger partial charge on any atom is 0.412 e. The van der Waals surface area contributed by atoms with Gasteiger partial charge in [-0.05, 0) is 75.6 Å². The second-order valence-corrected chi connectivity index (χ2v) is 6.81. The number of nitrogens with one attached hydrogen (secondary N) is 1. The van der Waals surface area contributed by atoms with Crippen molar-refractivity contribution in [3.05, 3.63) is 59.2 Å². The van der Waals surface area contributed by atoms with Crippen molar-refractivity contribution in [2.75, 3.05) is 5.32 Å². The molecule has 2 aromatic carbocycles. The van der Waals surface area contributed by atoms with E-state index in [2.05, 4.69) is 31.3 Å². The van der Waals surface area contributed by atoms with Crippen LogP contribution in [0, 0.1) is 13.8 Å². The van der Waals surface area contributed by atoms with E-state index in [1.54, 1.807) is 12.1 Å². The monoisotopic (exact) mass is 327 g/mol. The smallest absolute Gasteiger partial charge is 0.412 e.